The lowest BCUT2D eigenvalue weighted by atomic mass is 9.89. The van der Waals surface area contributed by atoms with E-state index in [1.807, 2.05) is 4.90 Å². The van der Waals surface area contributed by atoms with E-state index < -0.39 is 0 Å². The van der Waals surface area contributed by atoms with Crippen molar-refractivity contribution in [1.29, 1.82) is 5.26 Å². The van der Waals surface area contributed by atoms with Gasteiger partial charge >= 0.3 is 0 Å². The van der Waals surface area contributed by atoms with Gasteiger partial charge in [-0.25, -0.2) is 0 Å². The van der Waals surface area contributed by atoms with Gasteiger partial charge in [0.15, 0.2) is 0 Å². The van der Waals surface area contributed by atoms with Gasteiger partial charge in [0.25, 0.3) is 0 Å². The minimum absolute atomic E-state index is 0.204. The van der Waals surface area contributed by atoms with E-state index in [9.17, 15) is 4.79 Å². The molecule has 1 unspecified atom stereocenters. The average Bonchev–Trinajstić information content (AvgIpc) is 2.83. The minimum atomic E-state index is -0.362. The van der Waals surface area contributed by atoms with E-state index in [2.05, 4.69) is 32.2 Å². The smallest absolute Gasteiger partial charge is 0.242 e. The zero-order valence-electron chi connectivity index (χ0n) is 12.5. The molecular weight excluding hydrogens is 238 g/mol. The molecule has 0 radical (unpaired) electrons. The third-order valence-corrected chi connectivity index (χ3v) is 3.70. The van der Waals surface area contributed by atoms with E-state index in [0.29, 0.717) is 18.9 Å². The summed E-state index contributed by atoms with van der Waals surface area (Å²) < 4.78 is 0. The predicted octanol–water partition coefficient (Wildman–Crippen LogP) is 2.31. The van der Waals surface area contributed by atoms with Crippen LogP contribution >= 0.6 is 0 Å². The van der Waals surface area contributed by atoms with Crippen molar-refractivity contribution in [3.8, 4) is 6.07 Å². The topological polar surface area (TPSA) is 56.1 Å². The summed E-state index contributed by atoms with van der Waals surface area (Å²) in [5, 5.41) is 12.2. The molecule has 1 rings (SSSR count). The molecule has 1 aliphatic heterocycles. The fourth-order valence-corrected chi connectivity index (χ4v) is 2.94. The van der Waals surface area contributed by atoms with Crippen molar-refractivity contribution < 1.29 is 4.79 Å². The van der Waals surface area contributed by atoms with Crippen LogP contribution < -0.4 is 5.32 Å². The molecule has 0 spiro atoms. The third kappa shape index (κ3) is 4.21. The van der Waals surface area contributed by atoms with Crippen molar-refractivity contribution in [1.82, 2.24) is 10.2 Å². The van der Waals surface area contributed by atoms with Crippen molar-refractivity contribution in [2.75, 3.05) is 19.6 Å². The van der Waals surface area contributed by atoms with E-state index in [0.717, 1.165) is 38.8 Å². The van der Waals surface area contributed by atoms with Crippen LogP contribution in [0.4, 0.5) is 0 Å². The molecule has 0 aliphatic carbocycles. The van der Waals surface area contributed by atoms with Gasteiger partial charge in [-0.05, 0) is 31.7 Å². The van der Waals surface area contributed by atoms with Crippen molar-refractivity contribution in [2.45, 2.75) is 58.4 Å². The number of nitrogens with zero attached hydrogens (tertiary/aromatic N) is 2. The number of nitriles is 1. The Hall–Kier alpha value is -1.08. The van der Waals surface area contributed by atoms with Gasteiger partial charge in [0.1, 0.15) is 0 Å². The second kappa shape index (κ2) is 7.49. The monoisotopic (exact) mass is 265 g/mol. The maximum atomic E-state index is 12.9. The largest absolute Gasteiger partial charge is 0.340 e. The SMILES string of the molecule is CCCC1(C(=O)N(CCC#N)CC(C)C)CCCN1. The highest BCUT2D eigenvalue weighted by Gasteiger charge is 2.42. The highest BCUT2D eigenvalue weighted by molar-refractivity contribution is 5.86. The Morgan fingerprint density at radius 3 is 2.74 bits per heavy atom. The number of rotatable bonds is 7. The second-order valence-electron chi connectivity index (χ2n) is 5.92. The first-order valence-electron chi connectivity index (χ1n) is 7.47. The number of hydrogen-bond donors (Lipinski definition) is 1. The van der Waals surface area contributed by atoms with Crippen LogP contribution in [0.1, 0.15) is 52.9 Å². The van der Waals surface area contributed by atoms with E-state index in [1.165, 1.54) is 0 Å². The van der Waals surface area contributed by atoms with Crippen LogP contribution in [0, 0.1) is 17.2 Å². The van der Waals surface area contributed by atoms with E-state index in [-0.39, 0.29) is 11.4 Å². The molecule has 4 nitrogen and oxygen atoms in total. The first-order chi connectivity index (χ1) is 9.05. The lowest BCUT2D eigenvalue weighted by molar-refractivity contribution is -0.138. The minimum Gasteiger partial charge on any atom is -0.340 e. The summed E-state index contributed by atoms with van der Waals surface area (Å²) in [7, 11) is 0. The number of hydrogen-bond acceptors (Lipinski definition) is 3. The van der Waals surface area contributed by atoms with Crippen LogP contribution in [-0.2, 0) is 4.79 Å². The molecule has 0 saturated carbocycles. The van der Waals surface area contributed by atoms with Gasteiger partial charge in [0.2, 0.25) is 5.91 Å². The molecule has 1 fully saturated rings. The van der Waals surface area contributed by atoms with Gasteiger partial charge in [-0.2, -0.15) is 5.26 Å². The molecule has 0 aromatic rings. The zero-order chi connectivity index (χ0) is 14.3. The summed E-state index contributed by atoms with van der Waals surface area (Å²) in [6.45, 7) is 8.58. The van der Waals surface area contributed by atoms with Gasteiger partial charge in [-0.1, -0.05) is 27.2 Å². The Labute approximate surface area is 117 Å². The molecule has 1 heterocycles. The molecule has 1 atom stereocenters. The zero-order valence-corrected chi connectivity index (χ0v) is 12.5. The number of nitrogens with one attached hydrogen (secondary N) is 1. The summed E-state index contributed by atoms with van der Waals surface area (Å²) in [6.07, 6.45) is 4.32. The average molecular weight is 265 g/mol. The summed E-state index contributed by atoms with van der Waals surface area (Å²) in [6, 6.07) is 2.15. The third-order valence-electron chi connectivity index (χ3n) is 3.70. The van der Waals surface area contributed by atoms with Crippen LogP contribution in [0.2, 0.25) is 0 Å². The summed E-state index contributed by atoms with van der Waals surface area (Å²) in [4.78, 5) is 14.7. The number of amides is 1. The molecule has 1 amide bonds. The summed E-state index contributed by atoms with van der Waals surface area (Å²) >= 11 is 0. The molecular formula is C15H27N3O. The van der Waals surface area contributed by atoms with Crippen LogP contribution in [0.25, 0.3) is 0 Å². The Bertz CT molecular complexity index is 327. The predicted molar refractivity (Wildman–Crippen MR) is 76.5 cm³/mol. The van der Waals surface area contributed by atoms with Crippen molar-refractivity contribution in [3.63, 3.8) is 0 Å². The Balaban J connectivity index is 2.80. The second-order valence-corrected chi connectivity index (χ2v) is 5.92. The molecule has 0 bridgehead atoms. The van der Waals surface area contributed by atoms with Gasteiger partial charge in [0, 0.05) is 13.1 Å². The van der Waals surface area contributed by atoms with Crippen molar-refractivity contribution >= 4 is 5.91 Å². The van der Waals surface area contributed by atoms with Gasteiger partial charge < -0.3 is 10.2 Å². The van der Waals surface area contributed by atoms with Gasteiger partial charge in [0.05, 0.1) is 18.0 Å². The lowest BCUT2D eigenvalue weighted by Crippen LogP contribution is -2.55. The standard InChI is InChI=1S/C15H27N3O/c1-4-7-15(8-5-10-17-15)14(19)18(11-6-9-16)12-13(2)3/h13,17H,4-8,10-12H2,1-3H3. The van der Waals surface area contributed by atoms with E-state index >= 15 is 0 Å². The molecule has 1 saturated heterocycles. The van der Waals surface area contributed by atoms with E-state index in [4.69, 9.17) is 5.26 Å². The van der Waals surface area contributed by atoms with Crippen molar-refractivity contribution in [2.24, 2.45) is 5.92 Å². The Morgan fingerprint density at radius 1 is 1.53 bits per heavy atom. The maximum absolute atomic E-state index is 12.9. The highest BCUT2D eigenvalue weighted by Crippen LogP contribution is 2.27. The van der Waals surface area contributed by atoms with Gasteiger partial charge in [-0.3, -0.25) is 4.79 Å². The molecule has 0 aromatic carbocycles. The molecule has 1 N–H and O–H groups in total. The van der Waals surface area contributed by atoms with Crippen LogP contribution in [-0.4, -0.2) is 36.0 Å². The van der Waals surface area contributed by atoms with Crippen LogP contribution in [0.3, 0.4) is 0 Å². The first-order valence-corrected chi connectivity index (χ1v) is 7.47. The van der Waals surface area contributed by atoms with Crippen LogP contribution in [0.5, 0.6) is 0 Å². The normalized spacial score (nSPS) is 22.5. The van der Waals surface area contributed by atoms with E-state index in [1.54, 1.807) is 0 Å². The quantitative estimate of drug-likeness (QED) is 0.768. The molecule has 19 heavy (non-hydrogen) atoms. The highest BCUT2D eigenvalue weighted by atomic mass is 16.2. The first kappa shape index (κ1) is 16.0. The molecule has 4 heteroatoms. The van der Waals surface area contributed by atoms with Gasteiger partial charge in [-0.15, -0.1) is 0 Å². The fourth-order valence-electron chi connectivity index (χ4n) is 2.94. The fraction of sp³-hybridized carbons (Fsp3) is 0.867. The van der Waals surface area contributed by atoms with Crippen molar-refractivity contribution in [3.05, 3.63) is 0 Å². The Kier molecular flexibility index (Phi) is 6.30. The summed E-state index contributed by atoms with van der Waals surface area (Å²) in [5.41, 5.74) is -0.362. The summed E-state index contributed by atoms with van der Waals surface area (Å²) in [5.74, 6) is 0.638. The Morgan fingerprint density at radius 2 is 2.26 bits per heavy atom. The maximum Gasteiger partial charge on any atom is 0.242 e. The number of carbonyl (C=O) groups is 1. The molecule has 108 valence electrons. The molecule has 0 aromatic heterocycles. The van der Waals surface area contributed by atoms with Crippen LogP contribution in [0.15, 0.2) is 0 Å². The lowest BCUT2D eigenvalue weighted by Gasteiger charge is -2.35. The molecule has 1 aliphatic rings. The number of carbonyl (C=O) groups excluding carboxylic acids is 1.